The molecule has 1 aromatic rings. The Bertz CT molecular complexity index is 729. The molecule has 27 heavy (non-hydrogen) atoms. The first kappa shape index (κ1) is 19.2. The lowest BCUT2D eigenvalue weighted by Gasteiger charge is -2.32. The molecule has 2 heterocycles. The van der Waals surface area contributed by atoms with Crippen molar-refractivity contribution < 1.29 is 19.4 Å². The number of esters is 1. The number of nitrogens with zero attached hydrogens (tertiary/aromatic N) is 2. The number of hydrogen-bond donors (Lipinski definition) is 2. The molecule has 0 radical (unpaired) electrons. The molecule has 7 heteroatoms. The zero-order valence-corrected chi connectivity index (χ0v) is 15.9. The van der Waals surface area contributed by atoms with Gasteiger partial charge in [-0.1, -0.05) is 6.92 Å². The van der Waals surface area contributed by atoms with Gasteiger partial charge < -0.3 is 25.0 Å². The Hall–Kier alpha value is -2.54. The van der Waals surface area contributed by atoms with Gasteiger partial charge in [0.1, 0.15) is 5.70 Å². The molecule has 2 N–H and O–H groups in total. The number of anilines is 2. The molecule has 0 aliphatic carbocycles. The highest BCUT2D eigenvalue weighted by molar-refractivity contribution is 6.08. The summed E-state index contributed by atoms with van der Waals surface area (Å²) in [6.07, 6.45) is 2.47. The van der Waals surface area contributed by atoms with Crippen molar-refractivity contribution in [2.75, 3.05) is 50.1 Å². The minimum atomic E-state index is -0.537. The number of nitrogens with one attached hydrogen (secondary N) is 1. The van der Waals surface area contributed by atoms with E-state index in [1.165, 1.54) is 24.9 Å². The molecule has 2 aliphatic rings. The second-order valence-electron chi connectivity index (χ2n) is 7.16. The van der Waals surface area contributed by atoms with Gasteiger partial charge >= 0.3 is 5.97 Å². The third-order valence-corrected chi connectivity index (χ3v) is 5.11. The van der Waals surface area contributed by atoms with E-state index >= 15 is 0 Å². The molecule has 2 aliphatic heterocycles. The average Bonchev–Trinajstić information content (AvgIpc) is 2.98. The number of ether oxygens (including phenoxy) is 1. The Morgan fingerprint density at radius 1 is 1.33 bits per heavy atom. The molecule has 146 valence electrons. The van der Waals surface area contributed by atoms with Gasteiger partial charge in [0, 0.05) is 31.0 Å². The van der Waals surface area contributed by atoms with Gasteiger partial charge in [0.2, 0.25) is 0 Å². The van der Waals surface area contributed by atoms with Crippen LogP contribution in [0.15, 0.2) is 35.5 Å². The van der Waals surface area contributed by atoms with Crippen molar-refractivity contribution in [3.63, 3.8) is 0 Å². The maximum Gasteiger partial charge on any atom is 0.337 e. The van der Waals surface area contributed by atoms with Crippen LogP contribution in [-0.4, -0.2) is 61.8 Å². The normalized spacial score (nSPS) is 20.3. The summed E-state index contributed by atoms with van der Waals surface area (Å²) >= 11 is 0. The molecule has 1 atom stereocenters. The molecule has 0 aromatic heterocycles. The second-order valence-corrected chi connectivity index (χ2v) is 7.16. The van der Waals surface area contributed by atoms with Crippen molar-refractivity contribution >= 4 is 23.3 Å². The van der Waals surface area contributed by atoms with Crippen LogP contribution in [0.1, 0.15) is 19.8 Å². The molecule has 7 nitrogen and oxygen atoms in total. The third-order valence-electron chi connectivity index (χ3n) is 5.11. The number of piperidine rings is 1. The van der Waals surface area contributed by atoms with Gasteiger partial charge in [-0.3, -0.25) is 4.79 Å². The predicted octanol–water partition coefficient (Wildman–Crippen LogP) is 1.60. The van der Waals surface area contributed by atoms with Crippen LogP contribution in [-0.2, 0) is 14.3 Å². The summed E-state index contributed by atoms with van der Waals surface area (Å²) in [6.45, 7) is 4.54. The van der Waals surface area contributed by atoms with Gasteiger partial charge in [-0.25, -0.2) is 4.79 Å². The van der Waals surface area contributed by atoms with Crippen molar-refractivity contribution in [1.29, 1.82) is 0 Å². The largest absolute Gasteiger partial charge is 0.466 e. The smallest absolute Gasteiger partial charge is 0.337 e. The van der Waals surface area contributed by atoms with Gasteiger partial charge in [0.15, 0.2) is 0 Å². The number of carbonyl (C=O) groups is 2. The van der Waals surface area contributed by atoms with E-state index in [9.17, 15) is 9.59 Å². The highest BCUT2D eigenvalue weighted by Gasteiger charge is 2.34. The van der Waals surface area contributed by atoms with E-state index in [1.54, 1.807) is 0 Å². The lowest BCUT2D eigenvalue weighted by atomic mass is 10.00. The van der Waals surface area contributed by atoms with E-state index < -0.39 is 5.97 Å². The van der Waals surface area contributed by atoms with Gasteiger partial charge in [0.25, 0.3) is 5.91 Å². The van der Waals surface area contributed by atoms with Crippen LogP contribution in [0.4, 0.5) is 11.4 Å². The maximum atomic E-state index is 12.6. The quantitative estimate of drug-likeness (QED) is 0.737. The first-order valence-electron chi connectivity index (χ1n) is 9.37. The number of carbonyl (C=O) groups excluding carboxylic acids is 2. The number of aliphatic hydroxyl groups is 1. The molecule has 0 bridgehead atoms. The second kappa shape index (κ2) is 8.43. The molecule has 0 spiro atoms. The minimum Gasteiger partial charge on any atom is -0.466 e. The zero-order valence-electron chi connectivity index (χ0n) is 15.9. The molecule has 0 saturated carbocycles. The van der Waals surface area contributed by atoms with E-state index in [4.69, 9.17) is 9.84 Å². The summed E-state index contributed by atoms with van der Waals surface area (Å²) < 4.78 is 4.80. The number of β-amino-alcohol motifs (C(OH)–C–C–N with tert-alkyl or cyclic N) is 1. The molecule has 1 fully saturated rings. The number of benzene rings is 1. The Labute approximate surface area is 159 Å². The molecule has 1 saturated heterocycles. The van der Waals surface area contributed by atoms with Crippen molar-refractivity contribution in [1.82, 2.24) is 4.90 Å². The molecule has 3 rings (SSSR count). The highest BCUT2D eigenvalue weighted by Crippen LogP contribution is 2.26. The summed E-state index contributed by atoms with van der Waals surface area (Å²) in [5, 5.41) is 12.2. The van der Waals surface area contributed by atoms with Gasteiger partial charge in [-0.2, -0.15) is 0 Å². The number of aliphatic hydroxyl groups excluding tert-OH is 1. The van der Waals surface area contributed by atoms with E-state index in [0.717, 1.165) is 24.5 Å². The van der Waals surface area contributed by atoms with Crippen LogP contribution in [0.5, 0.6) is 0 Å². The lowest BCUT2D eigenvalue weighted by Crippen LogP contribution is -2.34. The van der Waals surface area contributed by atoms with Crippen LogP contribution in [0, 0.1) is 5.92 Å². The van der Waals surface area contributed by atoms with E-state index in [0.29, 0.717) is 5.92 Å². The fraction of sp³-hybridized carbons (Fsp3) is 0.500. The number of hydrogen-bond acceptors (Lipinski definition) is 6. The molecule has 1 aromatic carbocycles. The van der Waals surface area contributed by atoms with Gasteiger partial charge in [-0.15, -0.1) is 0 Å². The first-order chi connectivity index (χ1) is 13.0. The molecule has 1 unspecified atom stereocenters. The topological polar surface area (TPSA) is 82.1 Å². The highest BCUT2D eigenvalue weighted by atomic mass is 16.5. The predicted molar refractivity (Wildman–Crippen MR) is 103 cm³/mol. The Balaban J connectivity index is 1.76. The Kier molecular flexibility index (Phi) is 6.01. The van der Waals surface area contributed by atoms with Gasteiger partial charge in [-0.05, 0) is 43.0 Å². The summed E-state index contributed by atoms with van der Waals surface area (Å²) in [4.78, 5) is 28.4. The number of rotatable bonds is 6. The van der Waals surface area contributed by atoms with Gasteiger partial charge in [0.05, 0.1) is 25.8 Å². The summed E-state index contributed by atoms with van der Waals surface area (Å²) in [5.74, 6) is -0.151. The monoisotopic (exact) mass is 373 g/mol. The van der Waals surface area contributed by atoms with E-state index in [2.05, 4.69) is 17.1 Å². The average molecular weight is 373 g/mol. The van der Waals surface area contributed by atoms with Crippen molar-refractivity contribution in [3.8, 4) is 0 Å². The summed E-state index contributed by atoms with van der Waals surface area (Å²) in [6, 6.07) is 7.89. The number of amides is 1. The first-order valence-corrected chi connectivity index (χ1v) is 9.37. The van der Waals surface area contributed by atoms with Crippen LogP contribution < -0.4 is 10.2 Å². The fourth-order valence-corrected chi connectivity index (χ4v) is 3.67. The summed E-state index contributed by atoms with van der Waals surface area (Å²) in [5.41, 5.74) is 2.40. The standard InChI is InChI=1S/C20H27N3O4/c1-14-4-3-9-22(12-14)16-7-5-15(6-8-16)21-18-17(20(26)27-2)13-23(10-11-24)19(18)25/h5-8,14,21,24H,3-4,9-13H2,1-2H3. The fourth-order valence-electron chi connectivity index (χ4n) is 3.67. The summed E-state index contributed by atoms with van der Waals surface area (Å²) in [7, 11) is 1.29. The lowest BCUT2D eigenvalue weighted by molar-refractivity contribution is -0.136. The van der Waals surface area contributed by atoms with Crippen LogP contribution in [0.25, 0.3) is 0 Å². The molecule has 1 amide bonds. The molecular weight excluding hydrogens is 346 g/mol. The minimum absolute atomic E-state index is 0.137. The zero-order chi connectivity index (χ0) is 19.4. The van der Waals surface area contributed by atoms with E-state index in [1.807, 2.05) is 24.3 Å². The van der Waals surface area contributed by atoms with Crippen LogP contribution >= 0.6 is 0 Å². The molecular formula is C20H27N3O4. The van der Waals surface area contributed by atoms with E-state index in [-0.39, 0.29) is 36.9 Å². The SMILES string of the molecule is COC(=O)C1=C(Nc2ccc(N3CCCC(C)C3)cc2)C(=O)N(CCO)C1. The number of methoxy groups -OCH3 is 1. The van der Waals surface area contributed by atoms with Crippen molar-refractivity contribution in [2.24, 2.45) is 5.92 Å². The van der Waals surface area contributed by atoms with Crippen molar-refractivity contribution in [2.45, 2.75) is 19.8 Å². The van der Waals surface area contributed by atoms with Crippen LogP contribution in [0.3, 0.4) is 0 Å². The Morgan fingerprint density at radius 2 is 2.07 bits per heavy atom. The third kappa shape index (κ3) is 4.24. The Morgan fingerprint density at radius 3 is 2.70 bits per heavy atom. The van der Waals surface area contributed by atoms with Crippen molar-refractivity contribution in [3.05, 3.63) is 35.5 Å². The van der Waals surface area contributed by atoms with Crippen LogP contribution in [0.2, 0.25) is 0 Å². The maximum absolute atomic E-state index is 12.6.